The molecule has 1 aromatic carbocycles. The minimum absolute atomic E-state index is 0.591. The van der Waals surface area contributed by atoms with Gasteiger partial charge in [-0.15, -0.1) is 0 Å². The van der Waals surface area contributed by atoms with Crippen LogP contribution in [0, 0.1) is 6.92 Å². The van der Waals surface area contributed by atoms with Gasteiger partial charge in [-0.25, -0.2) is 0 Å². The maximum Gasteiger partial charge on any atom is 0.122 e. The highest BCUT2D eigenvalue weighted by atomic mass is 16.5. The summed E-state index contributed by atoms with van der Waals surface area (Å²) in [5, 5.41) is 10.9. The molecule has 0 saturated carbocycles. The summed E-state index contributed by atoms with van der Waals surface area (Å²) in [5.41, 5.74) is 1.74. The predicted molar refractivity (Wildman–Crippen MR) is 77.7 cm³/mol. The number of methoxy groups -OCH3 is 1. The van der Waals surface area contributed by atoms with Crippen LogP contribution in [0.4, 0.5) is 0 Å². The number of aliphatic hydroxyl groups is 1. The molecule has 0 amide bonds. The summed E-state index contributed by atoms with van der Waals surface area (Å²) in [4.78, 5) is 2.30. The van der Waals surface area contributed by atoms with Crippen LogP contribution in [-0.2, 0) is 6.42 Å². The van der Waals surface area contributed by atoms with Crippen LogP contribution in [0.1, 0.15) is 30.4 Å². The fourth-order valence-electron chi connectivity index (χ4n) is 2.89. The van der Waals surface area contributed by atoms with Crippen molar-refractivity contribution in [1.82, 2.24) is 4.90 Å². The molecule has 1 aromatic rings. The molecular formula is C16H25NO2. The minimum atomic E-state index is -0.591. The Morgan fingerprint density at radius 3 is 2.84 bits per heavy atom. The molecule has 1 N–H and O–H groups in total. The number of rotatable bonds is 3. The van der Waals surface area contributed by atoms with Crippen molar-refractivity contribution in [1.29, 1.82) is 0 Å². The number of likely N-dealkylation sites (tertiary alicyclic amines) is 1. The van der Waals surface area contributed by atoms with E-state index in [1.807, 2.05) is 12.1 Å². The second-order valence-corrected chi connectivity index (χ2v) is 5.87. The van der Waals surface area contributed by atoms with Gasteiger partial charge in [-0.2, -0.15) is 0 Å². The molecule has 0 spiro atoms. The van der Waals surface area contributed by atoms with Crippen LogP contribution in [-0.4, -0.2) is 42.9 Å². The van der Waals surface area contributed by atoms with Crippen molar-refractivity contribution in [3.8, 4) is 5.75 Å². The molecule has 1 aliphatic rings. The Labute approximate surface area is 116 Å². The first-order chi connectivity index (χ1) is 9.02. The van der Waals surface area contributed by atoms with Crippen LogP contribution < -0.4 is 4.74 Å². The number of aryl methyl sites for hydroxylation is 1. The van der Waals surface area contributed by atoms with Crippen LogP contribution in [0.15, 0.2) is 18.2 Å². The maximum atomic E-state index is 10.9. The number of ether oxygens (including phenoxy) is 1. The lowest BCUT2D eigenvalue weighted by Gasteiger charge is -2.27. The Hall–Kier alpha value is -1.06. The van der Waals surface area contributed by atoms with Gasteiger partial charge in [-0.1, -0.05) is 17.7 Å². The Morgan fingerprint density at radius 2 is 2.11 bits per heavy atom. The van der Waals surface area contributed by atoms with E-state index in [-0.39, 0.29) is 0 Å². The molecule has 0 radical (unpaired) electrons. The number of hydrogen-bond acceptors (Lipinski definition) is 3. The molecule has 1 saturated heterocycles. The van der Waals surface area contributed by atoms with Gasteiger partial charge in [0, 0.05) is 13.0 Å². The first-order valence-electron chi connectivity index (χ1n) is 7.07. The quantitative estimate of drug-likeness (QED) is 0.909. The van der Waals surface area contributed by atoms with Crippen LogP contribution in [0.3, 0.4) is 0 Å². The fourth-order valence-corrected chi connectivity index (χ4v) is 2.89. The van der Waals surface area contributed by atoms with Crippen molar-refractivity contribution in [3.05, 3.63) is 29.3 Å². The highest BCUT2D eigenvalue weighted by Gasteiger charge is 2.30. The summed E-state index contributed by atoms with van der Waals surface area (Å²) in [7, 11) is 3.82. The molecule has 1 heterocycles. The van der Waals surface area contributed by atoms with Gasteiger partial charge in [0.15, 0.2) is 0 Å². The molecule has 0 aromatic heterocycles. The van der Waals surface area contributed by atoms with Gasteiger partial charge in [-0.05, 0) is 51.4 Å². The normalized spacial score (nSPS) is 25.1. The Bertz CT molecular complexity index is 433. The van der Waals surface area contributed by atoms with Gasteiger partial charge >= 0.3 is 0 Å². The second kappa shape index (κ2) is 5.93. The molecular weight excluding hydrogens is 238 g/mol. The molecule has 0 aliphatic carbocycles. The lowest BCUT2D eigenvalue weighted by molar-refractivity contribution is 0.0258. The van der Waals surface area contributed by atoms with Crippen molar-refractivity contribution in [2.24, 2.45) is 0 Å². The molecule has 1 aliphatic heterocycles. The van der Waals surface area contributed by atoms with Crippen LogP contribution in [0.5, 0.6) is 5.75 Å². The summed E-state index contributed by atoms with van der Waals surface area (Å²) in [5.74, 6) is 0.886. The monoisotopic (exact) mass is 263 g/mol. The zero-order chi connectivity index (χ0) is 13.9. The standard InChI is InChI=1S/C16H25NO2/c1-13-5-6-15(19-3)14(11-13)12-16(18)7-4-9-17(2)10-8-16/h5-6,11,18H,4,7-10,12H2,1-3H3. The lowest BCUT2D eigenvalue weighted by Crippen LogP contribution is -2.33. The maximum absolute atomic E-state index is 10.9. The summed E-state index contributed by atoms with van der Waals surface area (Å²) < 4.78 is 5.42. The van der Waals surface area contributed by atoms with E-state index >= 15 is 0 Å². The summed E-state index contributed by atoms with van der Waals surface area (Å²) in [6.07, 6.45) is 3.45. The van der Waals surface area contributed by atoms with Crippen LogP contribution >= 0.6 is 0 Å². The number of nitrogens with zero attached hydrogens (tertiary/aromatic N) is 1. The lowest BCUT2D eigenvalue weighted by atomic mass is 9.87. The highest BCUT2D eigenvalue weighted by molar-refractivity contribution is 5.37. The van der Waals surface area contributed by atoms with E-state index < -0.39 is 5.60 Å². The van der Waals surface area contributed by atoms with Crippen molar-refractivity contribution in [2.45, 2.75) is 38.2 Å². The zero-order valence-corrected chi connectivity index (χ0v) is 12.3. The Balaban J connectivity index is 2.17. The van der Waals surface area contributed by atoms with Gasteiger partial charge in [0.1, 0.15) is 5.75 Å². The van der Waals surface area contributed by atoms with E-state index in [0.717, 1.165) is 43.7 Å². The SMILES string of the molecule is COc1ccc(C)cc1CC1(O)CCCN(C)CC1. The van der Waals surface area contributed by atoms with Crippen LogP contribution in [0.25, 0.3) is 0 Å². The molecule has 1 atom stereocenters. The molecule has 0 bridgehead atoms. The molecule has 3 nitrogen and oxygen atoms in total. The van der Waals surface area contributed by atoms with Crippen molar-refractivity contribution >= 4 is 0 Å². The topological polar surface area (TPSA) is 32.7 Å². The fraction of sp³-hybridized carbons (Fsp3) is 0.625. The van der Waals surface area contributed by atoms with Crippen molar-refractivity contribution in [3.63, 3.8) is 0 Å². The molecule has 1 unspecified atom stereocenters. The van der Waals surface area contributed by atoms with Gasteiger partial charge in [-0.3, -0.25) is 0 Å². The number of benzene rings is 1. The van der Waals surface area contributed by atoms with E-state index in [2.05, 4.69) is 24.9 Å². The zero-order valence-electron chi connectivity index (χ0n) is 12.3. The average molecular weight is 263 g/mol. The van der Waals surface area contributed by atoms with Gasteiger partial charge in [0.2, 0.25) is 0 Å². The second-order valence-electron chi connectivity index (χ2n) is 5.87. The third-order valence-corrected chi connectivity index (χ3v) is 4.10. The van der Waals surface area contributed by atoms with Gasteiger partial charge in [0.25, 0.3) is 0 Å². The molecule has 2 rings (SSSR count). The largest absolute Gasteiger partial charge is 0.496 e. The minimum Gasteiger partial charge on any atom is -0.496 e. The molecule has 19 heavy (non-hydrogen) atoms. The number of hydrogen-bond donors (Lipinski definition) is 1. The van der Waals surface area contributed by atoms with E-state index in [9.17, 15) is 5.11 Å². The van der Waals surface area contributed by atoms with Gasteiger partial charge < -0.3 is 14.7 Å². The van der Waals surface area contributed by atoms with Crippen LogP contribution in [0.2, 0.25) is 0 Å². The smallest absolute Gasteiger partial charge is 0.122 e. The predicted octanol–water partition coefficient (Wildman–Crippen LogP) is 2.39. The van der Waals surface area contributed by atoms with Crippen molar-refractivity contribution < 1.29 is 9.84 Å². The highest BCUT2D eigenvalue weighted by Crippen LogP contribution is 2.30. The third-order valence-electron chi connectivity index (χ3n) is 4.10. The first-order valence-corrected chi connectivity index (χ1v) is 7.07. The van der Waals surface area contributed by atoms with E-state index in [4.69, 9.17) is 4.74 Å². The average Bonchev–Trinajstić information content (AvgIpc) is 2.52. The molecule has 3 heteroatoms. The van der Waals surface area contributed by atoms with Gasteiger partial charge in [0.05, 0.1) is 12.7 Å². The van der Waals surface area contributed by atoms with Crippen molar-refractivity contribution in [2.75, 3.05) is 27.2 Å². The third kappa shape index (κ3) is 3.71. The summed E-state index contributed by atoms with van der Waals surface area (Å²) in [6.45, 7) is 4.12. The Kier molecular flexibility index (Phi) is 4.48. The van der Waals surface area contributed by atoms with E-state index in [0.29, 0.717) is 6.42 Å². The molecule has 106 valence electrons. The first kappa shape index (κ1) is 14.4. The van der Waals surface area contributed by atoms with E-state index in [1.165, 1.54) is 5.56 Å². The summed E-state index contributed by atoms with van der Waals surface area (Å²) >= 11 is 0. The van der Waals surface area contributed by atoms with E-state index in [1.54, 1.807) is 7.11 Å². The summed E-state index contributed by atoms with van der Waals surface area (Å²) in [6, 6.07) is 6.18. The Morgan fingerprint density at radius 1 is 1.32 bits per heavy atom. The molecule has 1 fully saturated rings.